The molecule has 0 N–H and O–H groups in total. The molecular weight excluding hydrogens is 816 g/mol. The van der Waals surface area contributed by atoms with E-state index in [1.165, 1.54) is 73.8 Å². The predicted molar refractivity (Wildman–Crippen MR) is 230 cm³/mol. The number of benzene rings is 2. The molecule has 1 saturated heterocycles. The SMILES string of the molecule is CCOCOc1ccc2sc(C(OC)=C3C4CC5CC(C4)CC3C5)cc2c1Cl.CCOCOc1ccc2sc(C3(OC)OOC34C3CC5CC(C3)CC4C5)cc2c1Cl. The Morgan fingerprint density at radius 2 is 1.19 bits per heavy atom. The molecule has 9 aliphatic rings. The van der Waals surface area contributed by atoms with Gasteiger partial charge in [-0.05, 0) is 167 Å². The van der Waals surface area contributed by atoms with Crippen LogP contribution in [0.2, 0.25) is 10.0 Å². The molecule has 8 nitrogen and oxygen atoms in total. The van der Waals surface area contributed by atoms with Crippen LogP contribution in [-0.2, 0) is 34.5 Å². The third-order valence-electron chi connectivity index (χ3n) is 14.7. The molecule has 1 atom stereocenters. The van der Waals surface area contributed by atoms with Crippen LogP contribution in [-0.4, -0.2) is 46.6 Å². The van der Waals surface area contributed by atoms with Crippen LogP contribution < -0.4 is 9.47 Å². The molecule has 1 aliphatic heterocycles. The van der Waals surface area contributed by atoms with E-state index in [4.69, 9.17) is 61.4 Å². The molecule has 58 heavy (non-hydrogen) atoms. The minimum atomic E-state index is -0.852. The van der Waals surface area contributed by atoms with Crippen molar-refractivity contribution >= 4 is 71.8 Å². The van der Waals surface area contributed by atoms with Crippen molar-refractivity contribution in [3.05, 3.63) is 61.8 Å². The first-order chi connectivity index (χ1) is 28.3. The molecular formula is C46H54Cl2O8S2. The first-order valence-corrected chi connectivity index (χ1v) is 23.7. The fourth-order valence-electron chi connectivity index (χ4n) is 12.7. The van der Waals surface area contributed by atoms with Crippen LogP contribution in [0.3, 0.4) is 0 Å². The maximum absolute atomic E-state index is 6.70. The van der Waals surface area contributed by atoms with Gasteiger partial charge in [-0.15, -0.1) is 22.7 Å². The van der Waals surface area contributed by atoms with Gasteiger partial charge < -0.3 is 28.4 Å². The van der Waals surface area contributed by atoms with Crippen molar-refractivity contribution in [3.63, 3.8) is 0 Å². The maximum atomic E-state index is 6.70. The minimum Gasteiger partial charge on any atom is -0.495 e. The quantitative estimate of drug-likeness (QED) is 0.0603. The van der Waals surface area contributed by atoms with E-state index >= 15 is 0 Å². The van der Waals surface area contributed by atoms with Gasteiger partial charge in [0.05, 0.1) is 26.9 Å². The molecule has 13 rings (SSSR count). The Bertz CT molecular complexity index is 2130. The Kier molecular flexibility index (Phi) is 11.0. The Hall–Kier alpha value is -2.12. The van der Waals surface area contributed by atoms with E-state index in [1.54, 1.807) is 35.4 Å². The van der Waals surface area contributed by atoms with Gasteiger partial charge in [-0.25, -0.2) is 4.89 Å². The number of methoxy groups -OCH3 is 2. The van der Waals surface area contributed by atoms with Crippen molar-refractivity contribution < 1.29 is 38.2 Å². The highest BCUT2D eigenvalue weighted by molar-refractivity contribution is 7.20. The lowest BCUT2D eigenvalue weighted by molar-refractivity contribution is -0.644. The summed E-state index contributed by atoms with van der Waals surface area (Å²) < 4.78 is 36.5. The summed E-state index contributed by atoms with van der Waals surface area (Å²) in [6.07, 6.45) is 13.2. The van der Waals surface area contributed by atoms with Gasteiger partial charge in [0, 0.05) is 40.5 Å². The standard InChI is InChI=1S/C23H27ClO5S.C23H27ClO3S/c1-3-26-12-27-18-4-5-19-17(21(18)24)11-20(30-19)23(25-2)22(28-29-23)15-7-13-6-14(9-15)10-16(22)8-13;1-3-26-12-27-18-4-5-19-17(22(18)24)11-20(28-19)23(25-2)21-15-7-13-6-14(9-15)10-16(21)8-13/h4-5,11,13-16H,3,6-10,12H2,1-2H3;4-5,11,13-16H,3,6-10,12H2,1-2H3. The van der Waals surface area contributed by atoms with E-state index in [0.29, 0.717) is 46.6 Å². The molecule has 12 heteroatoms. The average Bonchev–Trinajstić information content (AvgIpc) is 3.84. The summed E-state index contributed by atoms with van der Waals surface area (Å²) in [6.45, 7) is 5.51. The Morgan fingerprint density at radius 3 is 1.67 bits per heavy atom. The van der Waals surface area contributed by atoms with Gasteiger partial charge in [-0.2, -0.15) is 4.89 Å². The lowest BCUT2D eigenvalue weighted by atomic mass is 9.47. The zero-order valence-electron chi connectivity index (χ0n) is 33.8. The van der Waals surface area contributed by atoms with Crippen LogP contribution in [0.1, 0.15) is 87.8 Å². The molecule has 8 aliphatic carbocycles. The second-order valence-corrected chi connectivity index (χ2v) is 20.6. The van der Waals surface area contributed by atoms with Crippen molar-refractivity contribution in [3.8, 4) is 11.5 Å². The van der Waals surface area contributed by atoms with Gasteiger partial charge in [0.15, 0.2) is 19.2 Å². The monoisotopic (exact) mass is 868 g/mol. The number of hydrogen-bond donors (Lipinski definition) is 0. The average molecular weight is 870 g/mol. The molecule has 4 aromatic rings. The van der Waals surface area contributed by atoms with Crippen LogP contribution in [0.15, 0.2) is 42.0 Å². The molecule has 9 fully saturated rings. The van der Waals surface area contributed by atoms with E-state index in [0.717, 1.165) is 61.6 Å². The number of hydrogen-bond acceptors (Lipinski definition) is 10. The number of thiophene rings is 2. The molecule has 8 saturated carbocycles. The number of rotatable bonds is 12. The van der Waals surface area contributed by atoms with Crippen molar-refractivity contribution in [1.29, 1.82) is 0 Å². The summed E-state index contributed by atoms with van der Waals surface area (Å²) in [5.74, 6) is 7.58. The summed E-state index contributed by atoms with van der Waals surface area (Å²) in [7, 11) is 3.58. The van der Waals surface area contributed by atoms with E-state index < -0.39 is 5.79 Å². The van der Waals surface area contributed by atoms with E-state index in [9.17, 15) is 0 Å². The lowest BCUT2D eigenvalue weighted by Crippen LogP contribution is -2.76. The molecule has 8 bridgehead atoms. The first kappa shape index (κ1) is 40.0. The molecule has 0 radical (unpaired) electrons. The number of fused-ring (bicyclic) bond motifs is 2. The number of allylic oxidation sites excluding steroid dienone is 1. The molecule has 1 spiro atoms. The molecule has 2 aromatic heterocycles. The zero-order chi connectivity index (χ0) is 39.8. The molecule has 3 heterocycles. The zero-order valence-corrected chi connectivity index (χ0v) is 37.0. The van der Waals surface area contributed by atoms with Crippen LogP contribution in [0.4, 0.5) is 0 Å². The summed E-state index contributed by atoms with van der Waals surface area (Å²) in [6, 6.07) is 12.3. The highest BCUT2D eigenvalue weighted by atomic mass is 35.5. The summed E-state index contributed by atoms with van der Waals surface area (Å²) in [4.78, 5) is 14.2. The third kappa shape index (κ3) is 6.45. The van der Waals surface area contributed by atoms with Gasteiger partial charge in [0.1, 0.15) is 17.3 Å². The van der Waals surface area contributed by atoms with E-state index in [1.807, 2.05) is 39.2 Å². The molecule has 0 amide bonds. The van der Waals surface area contributed by atoms with Gasteiger partial charge in [0.2, 0.25) is 0 Å². The Balaban J connectivity index is 0.000000141. The largest absolute Gasteiger partial charge is 0.495 e. The lowest BCUT2D eigenvalue weighted by Gasteiger charge is -2.68. The third-order valence-corrected chi connectivity index (χ3v) is 17.7. The van der Waals surface area contributed by atoms with Crippen molar-refractivity contribution in [1.82, 2.24) is 0 Å². The van der Waals surface area contributed by atoms with Gasteiger partial charge >= 0.3 is 0 Å². The molecule has 312 valence electrons. The van der Waals surface area contributed by atoms with Crippen molar-refractivity contribution in [2.45, 2.75) is 89.4 Å². The highest BCUT2D eigenvalue weighted by Crippen LogP contribution is 2.70. The smallest absolute Gasteiger partial charge is 0.269 e. The topological polar surface area (TPSA) is 73.8 Å². The molecule has 2 aromatic carbocycles. The van der Waals surface area contributed by atoms with Crippen LogP contribution in [0.25, 0.3) is 25.9 Å². The Morgan fingerprint density at radius 1 is 0.672 bits per heavy atom. The first-order valence-electron chi connectivity index (χ1n) is 21.3. The summed E-state index contributed by atoms with van der Waals surface area (Å²) in [5, 5.41) is 3.25. The fraction of sp³-hybridized carbons (Fsp3) is 0.609. The minimum absolute atomic E-state index is 0.187. The van der Waals surface area contributed by atoms with Gasteiger partial charge in [-0.1, -0.05) is 23.2 Å². The number of halogens is 2. The summed E-state index contributed by atoms with van der Waals surface area (Å²) in [5.41, 5.74) is 1.21. The highest BCUT2D eigenvalue weighted by Gasteiger charge is 2.77. The normalized spacial score (nSPS) is 33.8. The summed E-state index contributed by atoms with van der Waals surface area (Å²) >= 11 is 16.8. The second-order valence-electron chi connectivity index (χ2n) is 17.7. The van der Waals surface area contributed by atoms with Gasteiger partial charge in [0.25, 0.3) is 5.79 Å². The van der Waals surface area contributed by atoms with Crippen molar-refractivity contribution in [2.24, 2.45) is 47.3 Å². The van der Waals surface area contributed by atoms with E-state index in [-0.39, 0.29) is 19.2 Å². The van der Waals surface area contributed by atoms with Crippen molar-refractivity contribution in [2.75, 3.05) is 41.0 Å². The predicted octanol–water partition coefficient (Wildman–Crippen LogP) is 12.6. The van der Waals surface area contributed by atoms with Crippen LogP contribution in [0.5, 0.6) is 11.5 Å². The fourth-order valence-corrected chi connectivity index (χ4v) is 15.7. The molecule has 1 unspecified atom stereocenters. The Labute approximate surface area is 359 Å². The van der Waals surface area contributed by atoms with Crippen LogP contribution in [0, 0.1) is 47.3 Å². The second kappa shape index (κ2) is 16.0. The van der Waals surface area contributed by atoms with E-state index in [2.05, 4.69) is 18.2 Å². The van der Waals surface area contributed by atoms with Crippen LogP contribution >= 0.6 is 45.9 Å². The maximum Gasteiger partial charge on any atom is 0.269 e. The number of ether oxygens (including phenoxy) is 6. The van der Waals surface area contributed by atoms with Gasteiger partial charge in [-0.3, -0.25) is 0 Å².